The third-order valence-corrected chi connectivity index (χ3v) is 6.10. The standard InChI is InChI=1S/C22H28N2O3/c1-5-27-20(26)17-11-23-18-8-14(6-7-16(17)18)19(25)24-13-22(4)10-15(24)9-21(2,3)12-22/h6-8,11,15,23H,5,9-10,12-13H2,1-4H3. The van der Waals surface area contributed by atoms with E-state index in [1.165, 1.54) is 6.42 Å². The number of aromatic amines is 1. The Kier molecular flexibility index (Phi) is 4.09. The van der Waals surface area contributed by atoms with Crippen LogP contribution in [0.25, 0.3) is 10.9 Å². The van der Waals surface area contributed by atoms with E-state index in [-0.39, 0.29) is 22.7 Å². The molecule has 1 N–H and O–H groups in total. The molecule has 27 heavy (non-hydrogen) atoms. The van der Waals surface area contributed by atoms with Gasteiger partial charge in [0.2, 0.25) is 0 Å². The predicted molar refractivity (Wildman–Crippen MR) is 105 cm³/mol. The molecule has 1 aromatic carbocycles. The molecular formula is C22H28N2O3. The highest BCUT2D eigenvalue weighted by Gasteiger charge is 2.51. The number of hydrogen-bond acceptors (Lipinski definition) is 3. The van der Waals surface area contributed by atoms with Crippen LogP contribution in [0.15, 0.2) is 24.4 Å². The molecule has 2 fully saturated rings. The highest BCUT2D eigenvalue weighted by Crippen LogP contribution is 2.52. The molecule has 5 heteroatoms. The van der Waals surface area contributed by atoms with E-state index in [1.807, 2.05) is 18.2 Å². The molecule has 2 heterocycles. The van der Waals surface area contributed by atoms with Gasteiger partial charge in [0, 0.05) is 35.2 Å². The van der Waals surface area contributed by atoms with Crippen LogP contribution in [0.5, 0.6) is 0 Å². The van der Waals surface area contributed by atoms with Crippen LogP contribution < -0.4 is 0 Å². The molecule has 1 amide bonds. The van der Waals surface area contributed by atoms with Gasteiger partial charge in [-0.3, -0.25) is 4.79 Å². The third kappa shape index (κ3) is 3.13. The monoisotopic (exact) mass is 368 g/mol. The Morgan fingerprint density at radius 1 is 1.26 bits per heavy atom. The molecule has 2 aromatic rings. The molecule has 1 aliphatic carbocycles. The average molecular weight is 368 g/mol. The zero-order chi connectivity index (χ0) is 19.4. The molecule has 4 rings (SSSR count). The number of carbonyl (C=O) groups excluding carboxylic acids is 2. The summed E-state index contributed by atoms with van der Waals surface area (Å²) in [4.78, 5) is 30.5. The molecule has 1 saturated carbocycles. The molecular weight excluding hydrogens is 340 g/mol. The number of aromatic nitrogens is 1. The molecule has 2 aliphatic rings. The molecule has 2 atom stereocenters. The van der Waals surface area contributed by atoms with E-state index in [1.54, 1.807) is 13.1 Å². The van der Waals surface area contributed by atoms with Crippen LogP contribution >= 0.6 is 0 Å². The first kappa shape index (κ1) is 18.1. The maximum atomic E-state index is 13.3. The van der Waals surface area contributed by atoms with Crippen molar-refractivity contribution >= 4 is 22.8 Å². The van der Waals surface area contributed by atoms with E-state index < -0.39 is 0 Å². The summed E-state index contributed by atoms with van der Waals surface area (Å²) in [5.74, 6) is -0.248. The number of rotatable bonds is 3. The van der Waals surface area contributed by atoms with E-state index in [0.29, 0.717) is 23.8 Å². The molecule has 1 saturated heterocycles. The lowest BCUT2D eigenvalue weighted by Gasteiger charge is -2.39. The zero-order valence-electron chi connectivity index (χ0n) is 16.6. The summed E-state index contributed by atoms with van der Waals surface area (Å²) in [5, 5.41) is 0.790. The predicted octanol–water partition coefficient (Wildman–Crippen LogP) is 4.39. The van der Waals surface area contributed by atoms with E-state index in [9.17, 15) is 9.59 Å². The SMILES string of the molecule is CCOC(=O)c1c[nH]c2cc(C(=O)N3CC4(C)CC3CC(C)(C)C4)ccc12. The lowest BCUT2D eigenvalue weighted by atomic mass is 9.65. The number of nitrogens with zero attached hydrogens (tertiary/aromatic N) is 1. The molecule has 2 unspecified atom stereocenters. The molecule has 5 nitrogen and oxygen atoms in total. The van der Waals surface area contributed by atoms with Gasteiger partial charge in [-0.05, 0) is 49.1 Å². The number of ether oxygens (including phenoxy) is 1. The lowest BCUT2D eigenvalue weighted by Crippen LogP contribution is -2.37. The first-order chi connectivity index (χ1) is 12.7. The van der Waals surface area contributed by atoms with Gasteiger partial charge in [-0.25, -0.2) is 4.79 Å². The summed E-state index contributed by atoms with van der Waals surface area (Å²) in [6.45, 7) is 9.90. The van der Waals surface area contributed by atoms with Crippen LogP contribution in [0.4, 0.5) is 0 Å². The third-order valence-electron chi connectivity index (χ3n) is 6.10. The fraction of sp³-hybridized carbons (Fsp3) is 0.545. The summed E-state index contributed by atoms with van der Waals surface area (Å²) in [7, 11) is 0. The van der Waals surface area contributed by atoms with Crippen molar-refractivity contribution in [2.24, 2.45) is 10.8 Å². The van der Waals surface area contributed by atoms with Crippen molar-refractivity contribution in [1.29, 1.82) is 0 Å². The van der Waals surface area contributed by atoms with Gasteiger partial charge in [-0.15, -0.1) is 0 Å². The number of hydrogen-bond donors (Lipinski definition) is 1. The number of H-pyrrole nitrogens is 1. The van der Waals surface area contributed by atoms with Crippen molar-refractivity contribution in [3.63, 3.8) is 0 Å². The second kappa shape index (κ2) is 6.11. The van der Waals surface area contributed by atoms with Crippen LogP contribution in [0, 0.1) is 10.8 Å². The Morgan fingerprint density at radius 2 is 2.04 bits per heavy atom. The van der Waals surface area contributed by atoms with Gasteiger partial charge in [0.1, 0.15) is 0 Å². The maximum Gasteiger partial charge on any atom is 0.340 e. The molecule has 1 aliphatic heterocycles. The number of carbonyl (C=O) groups is 2. The first-order valence-electron chi connectivity index (χ1n) is 9.81. The lowest BCUT2D eigenvalue weighted by molar-refractivity contribution is 0.0528. The van der Waals surface area contributed by atoms with E-state index in [2.05, 4.69) is 30.7 Å². The highest BCUT2D eigenvalue weighted by atomic mass is 16.5. The average Bonchev–Trinajstić information content (AvgIpc) is 3.11. The van der Waals surface area contributed by atoms with E-state index >= 15 is 0 Å². The Hall–Kier alpha value is -2.30. The molecule has 2 bridgehead atoms. The van der Waals surface area contributed by atoms with Crippen LogP contribution in [-0.2, 0) is 4.74 Å². The van der Waals surface area contributed by atoms with Crippen molar-refractivity contribution in [2.45, 2.75) is 53.0 Å². The Labute approximate surface area is 160 Å². The summed E-state index contributed by atoms with van der Waals surface area (Å²) >= 11 is 0. The molecule has 1 aromatic heterocycles. The fourth-order valence-corrected chi connectivity index (χ4v) is 5.50. The van der Waals surface area contributed by atoms with Gasteiger partial charge >= 0.3 is 5.97 Å². The van der Waals surface area contributed by atoms with Crippen molar-refractivity contribution in [3.8, 4) is 0 Å². The van der Waals surface area contributed by atoms with Crippen LogP contribution in [-0.4, -0.2) is 41.0 Å². The van der Waals surface area contributed by atoms with Gasteiger partial charge in [0.05, 0.1) is 12.2 Å². The van der Waals surface area contributed by atoms with Gasteiger partial charge in [0.25, 0.3) is 5.91 Å². The summed E-state index contributed by atoms with van der Waals surface area (Å²) in [6.07, 6.45) is 4.98. The second-order valence-corrected chi connectivity index (χ2v) is 9.33. The van der Waals surface area contributed by atoms with Gasteiger partial charge in [0.15, 0.2) is 0 Å². The van der Waals surface area contributed by atoms with Crippen molar-refractivity contribution in [3.05, 3.63) is 35.5 Å². The van der Waals surface area contributed by atoms with Gasteiger partial charge < -0.3 is 14.6 Å². The minimum absolute atomic E-state index is 0.0932. The normalized spacial score (nSPS) is 26.4. The summed E-state index contributed by atoms with van der Waals surface area (Å²) < 4.78 is 5.10. The number of esters is 1. The fourth-order valence-electron chi connectivity index (χ4n) is 5.50. The second-order valence-electron chi connectivity index (χ2n) is 9.33. The van der Waals surface area contributed by atoms with Crippen molar-refractivity contribution < 1.29 is 14.3 Å². The van der Waals surface area contributed by atoms with Gasteiger partial charge in [-0.2, -0.15) is 0 Å². The smallest absolute Gasteiger partial charge is 0.340 e. The summed E-state index contributed by atoms with van der Waals surface area (Å²) in [6, 6.07) is 5.85. The summed E-state index contributed by atoms with van der Waals surface area (Å²) in [5.41, 5.74) is 2.48. The van der Waals surface area contributed by atoms with Crippen molar-refractivity contribution in [1.82, 2.24) is 9.88 Å². The van der Waals surface area contributed by atoms with Crippen molar-refractivity contribution in [2.75, 3.05) is 13.2 Å². The van der Waals surface area contributed by atoms with Crippen LogP contribution in [0.1, 0.15) is 67.7 Å². The minimum atomic E-state index is -0.341. The maximum absolute atomic E-state index is 13.3. The quantitative estimate of drug-likeness (QED) is 0.818. The molecule has 144 valence electrons. The largest absolute Gasteiger partial charge is 0.462 e. The number of fused-ring (bicyclic) bond motifs is 3. The topological polar surface area (TPSA) is 62.4 Å². The zero-order valence-corrected chi connectivity index (χ0v) is 16.6. The molecule has 0 spiro atoms. The minimum Gasteiger partial charge on any atom is -0.462 e. The molecule has 0 radical (unpaired) electrons. The Balaban J connectivity index is 1.61. The first-order valence-corrected chi connectivity index (χ1v) is 9.81. The van der Waals surface area contributed by atoms with E-state index in [4.69, 9.17) is 4.74 Å². The van der Waals surface area contributed by atoms with Crippen LogP contribution in [0.3, 0.4) is 0 Å². The van der Waals surface area contributed by atoms with E-state index in [0.717, 1.165) is 30.3 Å². The number of amides is 1. The number of benzene rings is 1. The number of likely N-dealkylation sites (tertiary alicyclic amines) is 1. The number of nitrogens with one attached hydrogen (secondary N) is 1. The van der Waals surface area contributed by atoms with Crippen LogP contribution in [0.2, 0.25) is 0 Å². The van der Waals surface area contributed by atoms with Gasteiger partial charge in [-0.1, -0.05) is 26.8 Å². The Morgan fingerprint density at radius 3 is 2.78 bits per heavy atom. The Bertz CT molecular complexity index is 913. The highest BCUT2D eigenvalue weighted by molar-refractivity contribution is 6.06.